The van der Waals surface area contributed by atoms with Gasteiger partial charge < -0.3 is 4.90 Å². The number of thiophene rings is 1. The predicted octanol–water partition coefficient (Wildman–Crippen LogP) is 2.01. The van der Waals surface area contributed by atoms with Crippen molar-refractivity contribution in [3.8, 4) is 0 Å². The highest BCUT2D eigenvalue weighted by Crippen LogP contribution is 2.21. The Morgan fingerprint density at radius 3 is 2.70 bits per heavy atom. The zero-order valence-corrected chi connectivity index (χ0v) is 13.4. The van der Waals surface area contributed by atoms with Gasteiger partial charge in [-0.05, 0) is 44.5 Å². The average molecular weight is 318 g/mol. The number of piperidine rings is 1. The molecule has 1 aliphatic rings. The summed E-state index contributed by atoms with van der Waals surface area (Å²) in [4.78, 5) is 10.7. The zero-order valence-electron chi connectivity index (χ0n) is 11.8. The van der Waals surface area contributed by atoms with Crippen molar-refractivity contribution in [3.63, 3.8) is 0 Å². The fourth-order valence-corrected chi connectivity index (χ4v) is 4.32. The smallest absolute Gasteiger partial charge is 0.271 e. The van der Waals surface area contributed by atoms with E-state index in [1.165, 1.54) is 30.6 Å². The van der Waals surface area contributed by atoms with E-state index < -0.39 is 10.0 Å². The average Bonchev–Trinajstić information content (AvgIpc) is 2.95. The van der Waals surface area contributed by atoms with Crippen molar-refractivity contribution in [1.29, 1.82) is 0 Å². The second-order valence-corrected chi connectivity index (χ2v) is 7.95. The van der Waals surface area contributed by atoms with Crippen LogP contribution in [0.3, 0.4) is 0 Å². The van der Waals surface area contributed by atoms with Gasteiger partial charge >= 0.3 is 0 Å². The Morgan fingerprint density at radius 2 is 2.05 bits per heavy atom. The number of nitrogens with zero attached hydrogens (tertiary/aromatic N) is 1. The minimum Gasteiger partial charge on any atom is -0.301 e. The molecular weight excluding hydrogens is 296 g/mol. The Hall–Kier alpha value is -0.470. The first kappa shape index (κ1) is 15.9. The van der Waals surface area contributed by atoms with Gasteiger partial charge in [-0.15, -0.1) is 11.3 Å². The Kier molecular flexibility index (Phi) is 5.98. The van der Waals surface area contributed by atoms with E-state index in [0.29, 0.717) is 10.8 Å². The quantitative estimate of drug-likeness (QED) is 0.617. The van der Waals surface area contributed by atoms with Crippen LogP contribution in [0.1, 0.15) is 31.1 Å². The molecule has 7 heteroatoms. The van der Waals surface area contributed by atoms with Crippen LogP contribution >= 0.6 is 11.3 Å². The summed E-state index contributed by atoms with van der Waals surface area (Å²) >= 11 is 1.29. The zero-order chi connectivity index (χ0) is 14.4. The minimum absolute atomic E-state index is 0.312. The van der Waals surface area contributed by atoms with Crippen molar-refractivity contribution in [1.82, 2.24) is 9.79 Å². The molecule has 1 fully saturated rings. The number of hydrogen-bond acceptors (Lipinski definition) is 5. The van der Waals surface area contributed by atoms with E-state index in [2.05, 4.69) is 9.79 Å². The molecule has 5 nitrogen and oxygen atoms in total. The molecule has 0 spiro atoms. The first-order valence-corrected chi connectivity index (χ1v) is 9.36. The molecule has 0 bridgehead atoms. The van der Waals surface area contributed by atoms with Crippen LogP contribution in [-0.4, -0.2) is 39.6 Å². The molecular formula is C13H22N2O3S2. The Bertz CT molecular complexity index is 507. The molecule has 1 aromatic rings. The van der Waals surface area contributed by atoms with Gasteiger partial charge in [0.2, 0.25) is 0 Å². The lowest BCUT2D eigenvalue weighted by Gasteiger charge is -2.25. The third-order valence-corrected chi connectivity index (χ3v) is 6.31. The van der Waals surface area contributed by atoms with Gasteiger partial charge in [0.05, 0.1) is 6.61 Å². The first-order valence-electron chi connectivity index (χ1n) is 7.06. The van der Waals surface area contributed by atoms with Gasteiger partial charge in [-0.3, -0.25) is 4.84 Å². The second kappa shape index (κ2) is 7.51. The van der Waals surface area contributed by atoms with E-state index in [4.69, 9.17) is 4.84 Å². The van der Waals surface area contributed by atoms with Crippen molar-refractivity contribution in [3.05, 3.63) is 17.0 Å². The van der Waals surface area contributed by atoms with E-state index in [9.17, 15) is 8.42 Å². The molecule has 0 aliphatic carbocycles. The van der Waals surface area contributed by atoms with E-state index in [1.54, 1.807) is 6.07 Å². The van der Waals surface area contributed by atoms with Crippen molar-refractivity contribution in [2.24, 2.45) is 0 Å². The molecule has 1 saturated heterocycles. The van der Waals surface area contributed by atoms with Gasteiger partial charge in [0.25, 0.3) is 10.0 Å². The fraction of sp³-hybridized carbons (Fsp3) is 0.692. The Morgan fingerprint density at radius 1 is 1.30 bits per heavy atom. The normalized spacial score (nSPS) is 17.4. The minimum atomic E-state index is -3.52. The lowest BCUT2D eigenvalue weighted by Crippen LogP contribution is -2.34. The molecule has 1 aromatic heterocycles. The number of aryl methyl sites for hydroxylation is 1. The number of sulfonamides is 1. The second-order valence-electron chi connectivity index (χ2n) is 4.91. The molecule has 0 unspecified atom stereocenters. The highest BCUT2D eigenvalue weighted by atomic mass is 32.2. The first-order chi connectivity index (χ1) is 9.62. The van der Waals surface area contributed by atoms with Crippen molar-refractivity contribution < 1.29 is 13.3 Å². The number of hydrogen-bond donors (Lipinski definition) is 1. The molecule has 0 radical (unpaired) electrons. The topological polar surface area (TPSA) is 58.6 Å². The summed E-state index contributed by atoms with van der Waals surface area (Å²) in [5.41, 5.74) is 0. The van der Waals surface area contributed by atoms with E-state index >= 15 is 0 Å². The van der Waals surface area contributed by atoms with Gasteiger partial charge in [0.1, 0.15) is 4.21 Å². The predicted molar refractivity (Wildman–Crippen MR) is 80.3 cm³/mol. The van der Waals surface area contributed by atoms with Gasteiger partial charge in [-0.25, -0.2) is 8.42 Å². The molecule has 2 heterocycles. The van der Waals surface area contributed by atoms with Crippen LogP contribution in [0.5, 0.6) is 0 Å². The third-order valence-electron chi connectivity index (χ3n) is 3.38. The number of rotatable bonds is 7. The van der Waals surface area contributed by atoms with Crippen LogP contribution in [0.25, 0.3) is 0 Å². The number of likely N-dealkylation sites (tertiary alicyclic amines) is 1. The van der Waals surface area contributed by atoms with Crippen molar-refractivity contribution >= 4 is 21.4 Å². The SMILES string of the molecule is CCc1ccc(S(=O)(=O)NOCCN2CCCCC2)s1. The van der Waals surface area contributed by atoms with Crippen LogP contribution in [0, 0.1) is 0 Å². The van der Waals surface area contributed by atoms with Crippen molar-refractivity contribution in [2.45, 2.75) is 36.8 Å². The largest absolute Gasteiger partial charge is 0.301 e. The molecule has 20 heavy (non-hydrogen) atoms. The van der Waals surface area contributed by atoms with Crippen LogP contribution < -0.4 is 4.89 Å². The lowest BCUT2D eigenvalue weighted by molar-refractivity contribution is 0.0657. The molecule has 0 aromatic carbocycles. The summed E-state index contributed by atoms with van der Waals surface area (Å²) in [5, 5.41) is 0. The summed E-state index contributed by atoms with van der Waals surface area (Å²) < 4.78 is 24.3. The maximum absolute atomic E-state index is 12.0. The summed E-state index contributed by atoms with van der Waals surface area (Å²) in [6.45, 7) is 5.32. The summed E-state index contributed by atoms with van der Waals surface area (Å²) in [6, 6.07) is 3.47. The monoisotopic (exact) mass is 318 g/mol. The van der Waals surface area contributed by atoms with Crippen LogP contribution in [0.15, 0.2) is 16.3 Å². The summed E-state index contributed by atoms with van der Waals surface area (Å²) in [7, 11) is -3.52. The molecule has 0 atom stereocenters. The highest BCUT2D eigenvalue weighted by molar-refractivity contribution is 7.91. The standard InChI is InChI=1S/C13H22N2O3S2/c1-2-12-6-7-13(19-12)20(16,17)14-18-11-10-15-8-4-3-5-9-15/h6-7,14H,2-5,8-11H2,1H3. The Balaban J connectivity index is 1.74. The Labute approximate surface area is 124 Å². The lowest BCUT2D eigenvalue weighted by atomic mass is 10.1. The van der Waals surface area contributed by atoms with Crippen LogP contribution in [0.4, 0.5) is 0 Å². The van der Waals surface area contributed by atoms with Crippen LogP contribution in [0.2, 0.25) is 0 Å². The van der Waals surface area contributed by atoms with Gasteiger partial charge in [0.15, 0.2) is 0 Å². The van der Waals surface area contributed by atoms with E-state index in [0.717, 1.165) is 30.9 Å². The van der Waals surface area contributed by atoms with E-state index in [-0.39, 0.29) is 0 Å². The number of nitrogens with one attached hydrogen (secondary N) is 1. The van der Waals surface area contributed by atoms with Crippen molar-refractivity contribution in [2.75, 3.05) is 26.2 Å². The third kappa shape index (κ3) is 4.53. The van der Waals surface area contributed by atoms with E-state index in [1.807, 2.05) is 13.0 Å². The van der Waals surface area contributed by atoms with Gasteiger partial charge in [-0.1, -0.05) is 18.2 Å². The van der Waals surface area contributed by atoms with Gasteiger partial charge in [-0.2, -0.15) is 0 Å². The fourth-order valence-electron chi connectivity index (χ4n) is 2.21. The molecule has 2 rings (SSSR count). The maximum atomic E-state index is 12.0. The molecule has 0 amide bonds. The van der Waals surface area contributed by atoms with Gasteiger partial charge in [0, 0.05) is 11.4 Å². The maximum Gasteiger partial charge on any atom is 0.271 e. The highest BCUT2D eigenvalue weighted by Gasteiger charge is 2.17. The molecule has 0 saturated carbocycles. The molecule has 114 valence electrons. The summed E-state index contributed by atoms with van der Waals surface area (Å²) in [5.74, 6) is 0. The summed E-state index contributed by atoms with van der Waals surface area (Å²) in [6.07, 6.45) is 4.58. The van der Waals surface area contributed by atoms with Crippen LogP contribution in [-0.2, 0) is 21.3 Å². The molecule has 1 N–H and O–H groups in total. The molecule has 1 aliphatic heterocycles.